The highest BCUT2D eigenvalue weighted by molar-refractivity contribution is 6.28. The summed E-state index contributed by atoms with van der Waals surface area (Å²) in [5, 5.41) is 7.93. The third-order valence-electron chi connectivity index (χ3n) is 3.54. The van der Waals surface area contributed by atoms with Gasteiger partial charge < -0.3 is 10.1 Å². The van der Waals surface area contributed by atoms with Gasteiger partial charge in [0.1, 0.15) is 16.9 Å². The molecular weight excluding hydrogens is 328 g/mol. The number of nitrogens with zero attached hydrogens (tertiary/aromatic N) is 5. The maximum Gasteiger partial charge on any atom is 0.225 e. The van der Waals surface area contributed by atoms with Gasteiger partial charge in [-0.25, -0.2) is 9.97 Å². The number of hydrogen-bond acceptors (Lipinski definition) is 6. The first-order valence-corrected chi connectivity index (χ1v) is 8.14. The van der Waals surface area contributed by atoms with E-state index in [0.29, 0.717) is 31.4 Å². The van der Waals surface area contributed by atoms with E-state index in [9.17, 15) is 0 Å². The number of fused-ring (bicyclic) bond motifs is 1. The zero-order valence-electron chi connectivity index (χ0n) is 13.9. The Labute approximate surface area is 145 Å². The van der Waals surface area contributed by atoms with E-state index in [2.05, 4.69) is 25.4 Å². The number of nitrogens with one attached hydrogen (secondary N) is 1. The van der Waals surface area contributed by atoms with Gasteiger partial charge in [-0.15, -0.1) is 0 Å². The molecule has 0 aliphatic carbocycles. The third-order valence-corrected chi connectivity index (χ3v) is 3.71. The Morgan fingerprint density at radius 2 is 2.12 bits per heavy atom. The molecule has 0 atom stereocenters. The van der Waals surface area contributed by atoms with Crippen molar-refractivity contribution in [1.82, 2.24) is 24.7 Å². The monoisotopic (exact) mass is 346 g/mol. The summed E-state index contributed by atoms with van der Waals surface area (Å²) in [5.41, 5.74) is 3.41. The van der Waals surface area contributed by atoms with Crippen LogP contribution in [0.4, 0.5) is 11.6 Å². The Kier molecular flexibility index (Phi) is 4.92. The van der Waals surface area contributed by atoms with Crippen molar-refractivity contribution in [1.29, 1.82) is 0 Å². The van der Waals surface area contributed by atoms with Gasteiger partial charge >= 0.3 is 0 Å². The van der Waals surface area contributed by atoms with Crippen LogP contribution in [0.3, 0.4) is 0 Å². The number of rotatable bonds is 6. The van der Waals surface area contributed by atoms with E-state index >= 15 is 0 Å². The summed E-state index contributed by atoms with van der Waals surface area (Å²) in [7, 11) is 0. The quantitative estimate of drug-likeness (QED) is 0.545. The SMILES string of the molecule is CCOCCn1nc(C)c2nc(Cl)nc(Nc3cc(C)ccn3)c21. The Balaban J connectivity index is 2.04. The molecule has 126 valence electrons. The lowest BCUT2D eigenvalue weighted by atomic mass is 10.3. The molecule has 1 N–H and O–H groups in total. The lowest BCUT2D eigenvalue weighted by molar-refractivity contribution is 0.137. The summed E-state index contributed by atoms with van der Waals surface area (Å²) in [6.07, 6.45) is 1.75. The van der Waals surface area contributed by atoms with Gasteiger partial charge in [-0.3, -0.25) is 4.68 Å². The topological polar surface area (TPSA) is 77.8 Å². The molecule has 3 rings (SSSR count). The van der Waals surface area contributed by atoms with Crippen molar-refractivity contribution in [2.45, 2.75) is 27.3 Å². The minimum absolute atomic E-state index is 0.171. The van der Waals surface area contributed by atoms with Gasteiger partial charge in [0.15, 0.2) is 5.82 Å². The molecular formula is C16H19ClN6O. The standard InChI is InChI=1S/C16H19ClN6O/c1-4-24-8-7-23-14-13(11(3)22-23)20-16(17)21-15(14)19-12-9-10(2)5-6-18-12/h5-6,9H,4,7-8H2,1-3H3,(H,18,19,20,21). The molecule has 8 heteroatoms. The third kappa shape index (κ3) is 3.47. The minimum Gasteiger partial charge on any atom is -0.380 e. The Bertz CT molecular complexity index is 863. The zero-order chi connectivity index (χ0) is 17.1. The smallest absolute Gasteiger partial charge is 0.225 e. The predicted molar refractivity (Wildman–Crippen MR) is 93.8 cm³/mol. The van der Waals surface area contributed by atoms with Gasteiger partial charge in [0.05, 0.1) is 18.8 Å². The number of anilines is 2. The van der Waals surface area contributed by atoms with E-state index in [1.807, 2.05) is 37.6 Å². The molecule has 0 aliphatic rings. The normalized spacial score (nSPS) is 11.2. The Hall–Kier alpha value is -2.25. The average Bonchev–Trinajstić information content (AvgIpc) is 2.84. The van der Waals surface area contributed by atoms with Crippen LogP contribution in [0.1, 0.15) is 18.2 Å². The van der Waals surface area contributed by atoms with Crippen molar-refractivity contribution in [2.75, 3.05) is 18.5 Å². The van der Waals surface area contributed by atoms with E-state index in [-0.39, 0.29) is 5.28 Å². The summed E-state index contributed by atoms with van der Waals surface area (Å²) in [5.74, 6) is 1.28. The molecule has 0 saturated heterocycles. The van der Waals surface area contributed by atoms with E-state index in [1.165, 1.54) is 0 Å². The molecule has 0 aliphatic heterocycles. The van der Waals surface area contributed by atoms with Gasteiger partial charge in [-0.1, -0.05) is 0 Å². The van der Waals surface area contributed by atoms with Crippen LogP contribution in [0.25, 0.3) is 11.0 Å². The van der Waals surface area contributed by atoms with Crippen molar-refractivity contribution in [3.63, 3.8) is 0 Å². The first kappa shape index (κ1) is 16.6. The number of hydrogen-bond donors (Lipinski definition) is 1. The van der Waals surface area contributed by atoms with Crippen LogP contribution in [0.2, 0.25) is 5.28 Å². The van der Waals surface area contributed by atoms with Crippen LogP contribution in [0.5, 0.6) is 0 Å². The summed E-state index contributed by atoms with van der Waals surface area (Å²) >= 11 is 6.08. The molecule has 3 heterocycles. The lowest BCUT2D eigenvalue weighted by Crippen LogP contribution is -2.09. The molecule has 0 radical (unpaired) electrons. The fraction of sp³-hybridized carbons (Fsp3) is 0.375. The summed E-state index contributed by atoms with van der Waals surface area (Å²) in [4.78, 5) is 13.0. The second kappa shape index (κ2) is 7.11. The summed E-state index contributed by atoms with van der Waals surface area (Å²) < 4.78 is 7.27. The van der Waals surface area contributed by atoms with E-state index < -0.39 is 0 Å². The number of aromatic nitrogens is 5. The highest BCUT2D eigenvalue weighted by Crippen LogP contribution is 2.27. The highest BCUT2D eigenvalue weighted by Gasteiger charge is 2.16. The fourth-order valence-electron chi connectivity index (χ4n) is 2.47. The second-order valence-corrected chi connectivity index (χ2v) is 5.73. The lowest BCUT2D eigenvalue weighted by Gasteiger charge is -2.10. The molecule has 0 spiro atoms. The van der Waals surface area contributed by atoms with Crippen LogP contribution in [0, 0.1) is 13.8 Å². The molecule has 0 fully saturated rings. The van der Waals surface area contributed by atoms with E-state index in [1.54, 1.807) is 6.20 Å². The van der Waals surface area contributed by atoms with Crippen molar-refractivity contribution >= 4 is 34.3 Å². The molecule has 24 heavy (non-hydrogen) atoms. The van der Waals surface area contributed by atoms with Crippen LogP contribution >= 0.6 is 11.6 Å². The molecule has 0 amide bonds. The van der Waals surface area contributed by atoms with Gasteiger partial charge in [-0.2, -0.15) is 10.1 Å². The first-order chi connectivity index (χ1) is 11.6. The Morgan fingerprint density at radius 3 is 2.88 bits per heavy atom. The summed E-state index contributed by atoms with van der Waals surface area (Å²) in [6.45, 7) is 7.71. The van der Waals surface area contributed by atoms with E-state index in [0.717, 1.165) is 22.3 Å². The average molecular weight is 347 g/mol. The first-order valence-electron chi connectivity index (χ1n) is 7.76. The fourth-order valence-corrected chi connectivity index (χ4v) is 2.64. The maximum absolute atomic E-state index is 6.08. The molecule has 7 nitrogen and oxygen atoms in total. The molecule has 0 aromatic carbocycles. The van der Waals surface area contributed by atoms with Crippen molar-refractivity contribution in [3.05, 3.63) is 34.9 Å². The van der Waals surface area contributed by atoms with Crippen molar-refractivity contribution in [2.24, 2.45) is 0 Å². The van der Waals surface area contributed by atoms with Crippen LogP contribution in [-0.4, -0.2) is 37.9 Å². The van der Waals surface area contributed by atoms with Crippen LogP contribution < -0.4 is 5.32 Å². The Morgan fingerprint density at radius 1 is 1.29 bits per heavy atom. The van der Waals surface area contributed by atoms with Gasteiger partial charge in [0, 0.05) is 12.8 Å². The molecule has 0 bridgehead atoms. The number of aryl methyl sites for hydroxylation is 2. The number of halogens is 1. The molecule has 3 aromatic heterocycles. The maximum atomic E-state index is 6.08. The van der Waals surface area contributed by atoms with Gasteiger partial charge in [0.2, 0.25) is 5.28 Å². The zero-order valence-corrected chi connectivity index (χ0v) is 14.6. The van der Waals surface area contributed by atoms with Crippen molar-refractivity contribution < 1.29 is 4.74 Å². The largest absolute Gasteiger partial charge is 0.380 e. The van der Waals surface area contributed by atoms with Crippen LogP contribution in [0.15, 0.2) is 18.3 Å². The van der Waals surface area contributed by atoms with Crippen LogP contribution in [-0.2, 0) is 11.3 Å². The molecule has 3 aromatic rings. The minimum atomic E-state index is 0.171. The van der Waals surface area contributed by atoms with Crippen molar-refractivity contribution in [3.8, 4) is 0 Å². The van der Waals surface area contributed by atoms with Gasteiger partial charge in [0.25, 0.3) is 0 Å². The van der Waals surface area contributed by atoms with E-state index in [4.69, 9.17) is 16.3 Å². The predicted octanol–water partition coefficient (Wildman–Crippen LogP) is 3.27. The summed E-state index contributed by atoms with van der Waals surface area (Å²) in [6, 6.07) is 3.87. The van der Waals surface area contributed by atoms with Gasteiger partial charge in [-0.05, 0) is 50.1 Å². The number of pyridine rings is 1. The molecule has 0 unspecified atom stereocenters. The second-order valence-electron chi connectivity index (χ2n) is 5.39. The highest BCUT2D eigenvalue weighted by atomic mass is 35.5. The number of ether oxygens (including phenoxy) is 1. The molecule has 0 saturated carbocycles.